The van der Waals surface area contributed by atoms with Gasteiger partial charge in [-0.15, -0.1) is 0 Å². The van der Waals surface area contributed by atoms with Crippen LogP contribution in [0.3, 0.4) is 0 Å². The van der Waals surface area contributed by atoms with Crippen molar-refractivity contribution >= 4 is 40.1 Å². The number of nitrogens with zero attached hydrogens (tertiary/aromatic N) is 3. The number of benzene rings is 1. The number of thiazole rings is 1. The van der Waals surface area contributed by atoms with Gasteiger partial charge in [-0.25, -0.2) is 9.78 Å². The fourth-order valence-corrected chi connectivity index (χ4v) is 4.81. The largest absolute Gasteiger partial charge is 0.450 e. The highest BCUT2D eigenvalue weighted by Gasteiger charge is 2.38. The molecule has 4 rings (SSSR count). The van der Waals surface area contributed by atoms with Crippen LogP contribution in [0, 0.1) is 12.8 Å². The Morgan fingerprint density at radius 3 is 2.80 bits per heavy atom. The number of carbonyl (C=O) groups excluding carboxylic acids is 3. The van der Waals surface area contributed by atoms with Crippen molar-refractivity contribution in [1.29, 1.82) is 0 Å². The van der Waals surface area contributed by atoms with Crippen molar-refractivity contribution < 1.29 is 19.1 Å². The van der Waals surface area contributed by atoms with E-state index in [1.807, 2.05) is 31.2 Å². The number of carbonyl (C=O) groups is 3. The van der Waals surface area contributed by atoms with Gasteiger partial charge in [0.15, 0.2) is 5.13 Å². The average molecular weight is 429 g/mol. The van der Waals surface area contributed by atoms with Crippen LogP contribution in [0.25, 0.3) is 0 Å². The van der Waals surface area contributed by atoms with Gasteiger partial charge in [0.2, 0.25) is 11.8 Å². The highest BCUT2D eigenvalue weighted by molar-refractivity contribution is 7.15. The molecule has 0 spiro atoms. The zero-order chi connectivity index (χ0) is 21.3. The minimum Gasteiger partial charge on any atom is -0.450 e. The maximum Gasteiger partial charge on any atom is 0.413 e. The molecule has 1 atom stereocenters. The van der Waals surface area contributed by atoms with E-state index in [9.17, 15) is 14.4 Å². The zero-order valence-corrected chi connectivity index (χ0v) is 17.8. The molecule has 0 aliphatic carbocycles. The summed E-state index contributed by atoms with van der Waals surface area (Å²) in [5.41, 5.74) is 2.86. The van der Waals surface area contributed by atoms with Crippen LogP contribution in [0.5, 0.6) is 0 Å². The second kappa shape index (κ2) is 8.43. The summed E-state index contributed by atoms with van der Waals surface area (Å²) in [5.74, 6) is -0.365. The smallest absolute Gasteiger partial charge is 0.413 e. The summed E-state index contributed by atoms with van der Waals surface area (Å²) in [6.07, 6.45) is 0.330. The molecule has 1 unspecified atom stereocenters. The van der Waals surface area contributed by atoms with Crippen LogP contribution in [0.15, 0.2) is 24.3 Å². The molecule has 1 aromatic heterocycles. The van der Waals surface area contributed by atoms with E-state index in [-0.39, 0.29) is 24.2 Å². The van der Waals surface area contributed by atoms with E-state index >= 15 is 0 Å². The van der Waals surface area contributed by atoms with E-state index in [0.29, 0.717) is 37.8 Å². The predicted octanol–water partition coefficient (Wildman–Crippen LogP) is 2.96. The third-order valence-corrected chi connectivity index (χ3v) is 6.35. The van der Waals surface area contributed by atoms with Gasteiger partial charge in [-0.3, -0.25) is 14.9 Å². The van der Waals surface area contributed by atoms with Crippen molar-refractivity contribution in [2.24, 2.45) is 5.92 Å². The number of aryl methyl sites for hydroxylation is 1. The summed E-state index contributed by atoms with van der Waals surface area (Å²) >= 11 is 1.36. The molecular formula is C21H24N4O4S. The molecule has 30 heavy (non-hydrogen) atoms. The summed E-state index contributed by atoms with van der Waals surface area (Å²) in [4.78, 5) is 46.1. The van der Waals surface area contributed by atoms with Crippen molar-refractivity contribution in [3.05, 3.63) is 40.4 Å². The molecule has 0 bridgehead atoms. The normalized spacial score (nSPS) is 18.3. The average Bonchev–Trinajstić information content (AvgIpc) is 3.30. The zero-order valence-electron chi connectivity index (χ0n) is 17.0. The molecule has 1 fully saturated rings. The van der Waals surface area contributed by atoms with E-state index in [0.717, 1.165) is 21.8 Å². The van der Waals surface area contributed by atoms with Crippen LogP contribution in [0.2, 0.25) is 0 Å². The summed E-state index contributed by atoms with van der Waals surface area (Å²) in [5, 5.41) is 3.11. The van der Waals surface area contributed by atoms with Crippen LogP contribution in [-0.2, 0) is 27.3 Å². The van der Waals surface area contributed by atoms with E-state index in [4.69, 9.17) is 4.74 Å². The Morgan fingerprint density at radius 1 is 1.30 bits per heavy atom. The van der Waals surface area contributed by atoms with Crippen LogP contribution in [-0.4, -0.2) is 47.5 Å². The standard InChI is InChI=1S/C21H24N4O4S/c1-3-29-21(28)23-20-22-16-8-9-24(12-17(16)30-20)19(27)14-10-18(26)25(11-14)15-6-4-13(2)5-7-15/h4-7,14H,3,8-12H2,1-2H3,(H,22,23,28). The lowest BCUT2D eigenvalue weighted by Gasteiger charge is -2.28. The minimum atomic E-state index is -0.530. The number of ether oxygens (including phenoxy) is 1. The molecule has 0 saturated carbocycles. The van der Waals surface area contributed by atoms with Crippen molar-refractivity contribution in [3.63, 3.8) is 0 Å². The number of anilines is 2. The SMILES string of the molecule is CCOC(=O)Nc1nc2c(s1)CN(C(=O)C1CC(=O)N(c3ccc(C)cc3)C1)CC2. The fraction of sp³-hybridized carbons (Fsp3) is 0.429. The molecule has 2 aliphatic heterocycles. The Hall–Kier alpha value is -2.94. The maximum absolute atomic E-state index is 13.1. The first kappa shape index (κ1) is 20.3. The van der Waals surface area contributed by atoms with Crippen LogP contribution in [0.4, 0.5) is 15.6 Å². The Balaban J connectivity index is 1.40. The highest BCUT2D eigenvalue weighted by Crippen LogP contribution is 2.31. The van der Waals surface area contributed by atoms with Crippen LogP contribution < -0.4 is 10.2 Å². The first-order valence-electron chi connectivity index (χ1n) is 10.0. The van der Waals surface area contributed by atoms with Gasteiger partial charge in [0.05, 0.1) is 24.8 Å². The van der Waals surface area contributed by atoms with Gasteiger partial charge >= 0.3 is 6.09 Å². The number of fused-ring (bicyclic) bond motifs is 1. The van der Waals surface area contributed by atoms with Gasteiger partial charge in [0.1, 0.15) is 0 Å². The van der Waals surface area contributed by atoms with Gasteiger partial charge in [-0.1, -0.05) is 29.0 Å². The van der Waals surface area contributed by atoms with Crippen LogP contribution in [0.1, 0.15) is 29.5 Å². The molecule has 1 saturated heterocycles. The van der Waals surface area contributed by atoms with Gasteiger partial charge in [0.25, 0.3) is 0 Å². The van der Waals surface area contributed by atoms with Gasteiger partial charge in [-0.2, -0.15) is 0 Å². The second-order valence-electron chi connectivity index (χ2n) is 7.49. The molecule has 158 valence electrons. The molecule has 0 radical (unpaired) electrons. The summed E-state index contributed by atoms with van der Waals surface area (Å²) in [6.45, 7) is 5.44. The summed E-state index contributed by atoms with van der Waals surface area (Å²) in [7, 11) is 0. The Bertz CT molecular complexity index is 972. The van der Waals surface area contributed by atoms with Gasteiger partial charge in [0, 0.05) is 36.5 Å². The Kier molecular flexibility index (Phi) is 5.72. The van der Waals surface area contributed by atoms with Gasteiger partial charge < -0.3 is 14.5 Å². The lowest BCUT2D eigenvalue weighted by Crippen LogP contribution is -2.40. The molecule has 1 N–H and O–H groups in total. The monoisotopic (exact) mass is 428 g/mol. The fourth-order valence-electron chi connectivity index (χ4n) is 3.80. The van der Waals surface area contributed by atoms with E-state index in [1.165, 1.54) is 11.3 Å². The van der Waals surface area contributed by atoms with Crippen LogP contribution >= 0.6 is 11.3 Å². The molecule has 9 heteroatoms. The van der Waals surface area contributed by atoms with Crippen molar-refractivity contribution in [2.75, 3.05) is 29.9 Å². The predicted molar refractivity (Wildman–Crippen MR) is 114 cm³/mol. The van der Waals surface area contributed by atoms with Crippen molar-refractivity contribution in [2.45, 2.75) is 33.2 Å². The molecule has 3 amide bonds. The van der Waals surface area contributed by atoms with Crippen molar-refractivity contribution in [3.8, 4) is 0 Å². The topological polar surface area (TPSA) is 91.8 Å². The number of rotatable bonds is 4. The summed E-state index contributed by atoms with van der Waals surface area (Å²) < 4.78 is 4.88. The summed E-state index contributed by atoms with van der Waals surface area (Å²) in [6, 6.07) is 7.77. The third kappa shape index (κ3) is 4.16. The number of hydrogen-bond donors (Lipinski definition) is 1. The van der Waals surface area contributed by atoms with Gasteiger partial charge in [-0.05, 0) is 26.0 Å². The second-order valence-corrected chi connectivity index (χ2v) is 8.57. The highest BCUT2D eigenvalue weighted by atomic mass is 32.1. The lowest BCUT2D eigenvalue weighted by molar-refractivity contribution is -0.136. The lowest BCUT2D eigenvalue weighted by atomic mass is 10.1. The quantitative estimate of drug-likeness (QED) is 0.808. The first-order valence-corrected chi connectivity index (χ1v) is 10.8. The van der Waals surface area contributed by atoms with Crippen molar-refractivity contribution in [1.82, 2.24) is 9.88 Å². The molecule has 2 aromatic rings. The van der Waals surface area contributed by atoms with E-state index in [1.54, 1.807) is 16.7 Å². The number of hydrogen-bond acceptors (Lipinski definition) is 6. The number of amides is 3. The Morgan fingerprint density at radius 2 is 2.07 bits per heavy atom. The molecular weight excluding hydrogens is 404 g/mol. The number of nitrogens with one attached hydrogen (secondary N) is 1. The molecule has 2 aliphatic rings. The van der Waals surface area contributed by atoms with E-state index < -0.39 is 6.09 Å². The molecule has 3 heterocycles. The molecule has 1 aromatic carbocycles. The minimum absolute atomic E-state index is 0.00286. The number of aromatic nitrogens is 1. The Labute approximate surface area is 178 Å². The molecule has 8 nitrogen and oxygen atoms in total. The van der Waals surface area contributed by atoms with E-state index in [2.05, 4.69) is 10.3 Å². The third-order valence-electron chi connectivity index (χ3n) is 5.35. The maximum atomic E-state index is 13.1. The first-order chi connectivity index (χ1) is 14.4.